The van der Waals surface area contributed by atoms with Gasteiger partial charge in [0.2, 0.25) is 0 Å². The van der Waals surface area contributed by atoms with Crippen molar-refractivity contribution in [2.24, 2.45) is 0 Å². The second-order valence-corrected chi connectivity index (χ2v) is 7.84. The lowest BCUT2D eigenvalue weighted by Gasteiger charge is -2.14. The van der Waals surface area contributed by atoms with E-state index in [9.17, 15) is 0 Å². The lowest BCUT2D eigenvalue weighted by Crippen LogP contribution is -2.00. The molecule has 0 spiro atoms. The first-order valence-electron chi connectivity index (χ1n) is 9.05. The van der Waals surface area contributed by atoms with Gasteiger partial charge in [-0.15, -0.1) is 9.24 Å². The van der Waals surface area contributed by atoms with Gasteiger partial charge in [-0.3, -0.25) is 4.98 Å². The highest BCUT2D eigenvalue weighted by Crippen LogP contribution is 2.37. The summed E-state index contributed by atoms with van der Waals surface area (Å²) in [5.74, 6) is 0. The van der Waals surface area contributed by atoms with E-state index in [0.717, 1.165) is 43.8 Å². The first-order valence-corrected chi connectivity index (χ1v) is 10.0. The fourth-order valence-corrected chi connectivity index (χ4v) is 4.11. The average Bonchev–Trinajstić information content (AvgIpc) is 2.75. The molecular weight excluding hydrogens is 399 g/mol. The molecular formula is C23H16ClN4P. The van der Waals surface area contributed by atoms with Crippen LogP contribution in [0.4, 0.5) is 5.69 Å². The van der Waals surface area contributed by atoms with Gasteiger partial charge < -0.3 is 5.73 Å². The molecule has 3 heterocycles. The number of nitrogen functional groups attached to an aromatic ring is 1. The summed E-state index contributed by atoms with van der Waals surface area (Å²) in [6.45, 7) is 0. The Balaban J connectivity index is 1.88. The zero-order valence-corrected chi connectivity index (χ0v) is 17.2. The van der Waals surface area contributed by atoms with Crippen molar-refractivity contribution in [3.05, 3.63) is 78.2 Å². The fourth-order valence-electron chi connectivity index (χ4n) is 3.62. The summed E-state index contributed by atoms with van der Waals surface area (Å²) in [6, 6.07) is 17.8. The average molecular weight is 415 g/mol. The van der Waals surface area contributed by atoms with E-state index in [-0.39, 0.29) is 0 Å². The maximum atomic E-state index is 6.26. The summed E-state index contributed by atoms with van der Waals surface area (Å²) in [6.07, 6.45) is 5.34. The van der Waals surface area contributed by atoms with Crippen LogP contribution < -0.4 is 11.0 Å². The number of benzene rings is 2. The lowest BCUT2D eigenvalue weighted by atomic mass is 9.95. The quantitative estimate of drug-likeness (QED) is 0.316. The standard InChI is InChI=1S/C23H16ClN4P/c24-13-3-6-22(29)18(10-13)21-11-17(16-2-1-8-27-23(16)28-21)14-4-5-20(25)19-12-26-9-7-15(14)19/h1-12H,25,29H2. The third kappa shape index (κ3) is 3.11. The first-order chi connectivity index (χ1) is 14.1. The van der Waals surface area contributed by atoms with Gasteiger partial charge in [0.1, 0.15) is 0 Å². The van der Waals surface area contributed by atoms with Crippen LogP contribution in [0, 0.1) is 0 Å². The summed E-state index contributed by atoms with van der Waals surface area (Å²) in [5.41, 5.74) is 11.5. The van der Waals surface area contributed by atoms with Crippen LogP contribution in [0.5, 0.6) is 0 Å². The molecule has 2 N–H and O–H groups in total. The molecule has 29 heavy (non-hydrogen) atoms. The first kappa shape index (κ1) is 18.0. The molecule has 0 saturated heterocycles. The van der Waals surface area contributed by atoms with E-state index in [0.29, 0.717) is 16.4 Å². The van der Waals surface area contributed by atoms with Crippen LogP contribution >= 0.6 is 20.8 Å². The van der Waals surface area contributed by atoms with Crippen LogP contribution in [0.3, 0.4) is 0 Å². The van der Waals surface area contributed by atoms with Crippen molar-refractivity contribution in [3.8, 4) is 22.4 Å². The van der Waals surface area contributed by atoms with Gasteiger partial charge >= 0.3 is 0 Å². The highest BCUT2D eigenvalue weighted by molar-refractivity contribution is 7.28. The van der Waals surface area contributed by atoms with Crippen molar-refractivity contribution in [1.29, 1.82) is 0 Å². The van der Waals surface area contributed by atoms with Crippen LogP contribution in [0.2, 0.25) is 5.02 Å². The van der Waals surface area contributed by atoms with Crippen LogP contribution in [0.1, 0.15) is 0 Å². The Kier molecular flexibility index (Phi) is 4.39. The highest BCUT2D eigenvalue weighted by atomic mass is 35.5. The van der Waals surface area contributed by atoms with Crippen LogP contribution in [-0.2, 0) is 0 Å². The van der Waals surface area contributed by atoms with Gasteiger partial charge in [-0.2, -0.15) is 0 Å². The van der Waals surface area contributed by atoms with E-state index in [2.05, 4.69) is 25.3 Å². The van der Waals surface area contributed by atoms with Gasteiger partial charge in [-0.05, 0) is 64.3 Å². The van der Waals surface area contributed by atoms with E-state index in [4.69, 9.17) is 22.3 Å². The topological polar surface area (TPSA) is 64.7 Å². The van der Waals surface area contributed by atoms with Gasteiger partial charge in [-0.25, -0.2) is 9.97 Å². The number of hydrogen-bond acceptors (Lipinski definition) is 4. The van der Waals surface area contributed by atoms with Gasteiger partial charge in [0.25, 0.3) is 0 Å². The molecule has 5 aromatic rings. The van der Waals surface area contributed by atoms with E-state index in [1.165, 1.54) is 0 Å². The molecule has 0 radical (unpaired) electrons. The van der Waals surface area contributed by atoms with Gasteiger partial charge in [-0.1, -0.05) is 23.7 Å². The van der Waals surface area contributed by atoms with Crippen molar-refractivity contribution in [2.75, 3.05) is 5.73 Å². The molecule has 3 aromatic heterocycles. The number of nitrogens with two attached hydrogens (primary N) is 1. The summed E-state index contributed by atoms with van der Waals surface area (Å²) in [4.78, 5) is 13.6. The van der Waals surface area contributed by atoms with Gasteiger partial charge in [0, 0.05) is 45.6 Å². The molecule has 0 aliphatic carbocycles. The number of halogens is 1. The lowest BCUT2D eigenvalue weighted by molar-refractivity contribution is 1.29. The molecule has 0 amide bonds. The summed E-state index contributed by atoms with van der Waals surface area (Å²) in [7, 11) is 2.75. The normalized spacial score (nSPS) is 11.2. The number of rotatable bonds is 2. The molecule has 5 rings (SSSR count). The number of fused-ring (bicyclic) bond motifs is 2. The maximum Gasteiger partial charge on any atom is 0.160 e. The molecule has 1 unspecified atom stereocenters. The molecule has 1 atom stereocenters. The Morgan fingerprint density at radius 2 is 1.72 bits per heavy atom. The minimum atomic E-state index is 0.666. The van der Waals surface area contributed by atoms with Crippen molar-refractivity contribution in [3.63, 3.8) is 0 Å². The predicted molar refractivity (Wildman–Crippen MR) is 124 cm³/mol. The summed E-state index contributed by atoms with van der Waals surface area (Å²) < 4.78 is 0. The summed E-state index contributed by atoms with van der Waals surface area (Å²) in [5, 5.41) is 4.63. The number of pyridine rings is 3. The highest BCUT2D eigenvalue weighted by Gasteiger charge is 2.14. The summed E-state index contributed by atoms with van der Waals surface area (Å²) >= 11 is 6.26. The van der Waals surface area contributed by atoms with E-state index in [1.807, 2.05) is 48.5 Å². The molecule has 0 aliphatic heterocycles. The Morgan fingerprint density at radius 1 is 0.828 bits per heavy atom. The van der Waals surface area contributed by atoms with E-state index in [1.54, 1.807) is 18.6 Å². The second kappa shape index (κ2) is 7.07. The van der Waals surface area contributed by atoms with Crippen LogP contribution in [0.15, 0.2) is 73.2 Å². The third-order valence-corrected chi connectivity index (χ3v) is 5.76. The molecule has 140 valence electrons. The predicted octanol–water partition coefficient (Wildman–Crippen LogP) is 5.25. The van der Waals surface area contributed by atoms with Gasteiger partial charge in [0.05, 0.1) is 5.69 Å². The smallest absolute Gasteiger partial charge is 0.160 e. The number of aromatic nitrogens is 3. The van der Waals surface area contributed by atoms with Gasteiger partial charge in [0.15, 0.2) is 5.65 Å². The fraction of sp³-hybridized carbons (Fsp3) is 0. The Morgan fingerprint density at radius 3 is 2.62 bits per heavy atom. The third-order valence-electron chi connectivity index (χ3n) is 5.02. The number of anilines is 1. The number of hydrogen-bond donors (Lipinski definition) is 1. The number of nitrogens with zero attached hydrogens (tertiary/aromatic N) is 3. The Bertz CT molecular complexity index is 1400. The van der Waals surface area contributed by atoms with Crippen molar-refractivity contribution in [1.82, 2.24) is 15.0 Å². The Labute approximate surface area is 175 Å². The Hall–Kier alpha value is -3.07. The molecule has 0 saturated carbocycles. The van der Waals surface area contributed by atoms with Crippen LogP contribution in [-0.4, -0.2) is 15.0 Å². The zero-order chi connectivity index (χ0) is 20.0. The SMILES string of the molecule is Nc1ccc(-c2cc(-c3cc(Cl)ccc3P)nc3ncccc23)c2ccncc12. The zero-order valence-electron chi connectivity index (χ0n) is 15.3. The minimum absolute atomic E-state index is 0.666. The van der Waals surface area contributed by atoms with Crippen LogP contribution in [0.25, 0.3) is 44.2 Å². The largest absolute Gasteiger partial charge is 0.398 e. The van der Waals surface area contributed by atoms with E-state index < -0.39 is 0 Å². The van der Waals surface area contributed by atoms with Crippen molar-refractivity contribution in [2.45, 2.75) is 0 Å². The molecule has 0 aliphatic rings. The molecule has 6 heteroatoms. The van der Waals surface area contributed by atoms with Crippen molar-refractivity contribution < 1.29 is 0 Å². The van der Waals surface area contributed by atoms with Crippen molar-refractivity contribution >= 4 is 53.6 Å². The molecule has 0 bridgehead atoms. The molecule has 0 fully saturated rings. The maximum absolute atomic E-state index is 6.26. The molecule has 2 aromatic carbocycles. The minimum Gasteiger partial charge on any atom is -0.398 e. The van der Waals surface area contributed by atoms with E-state index >= 15 is 0 Å². The second-order valence-electron chi connectivity index (χ2n) is 6.78. The monoisotopic (exact) mass is 414 g/mol. The molecule has 4 nitrogen and oxygen atoms in total.